The highest BCUT2D eigenvalue weighted by molar-refractivity contribution is 6.32. The van der Waals surface area contributed by atoms with Crippen molar-refractivity contribution in [3.05, 3.63) is 50.8 Å². The summed E-state index contributed by atoms with van der Waals surface area (Å²) < 4.78 is 13.3. The molecule has 1 aromatic carbocycles. The number of benzene rings is 1. The summed E-state index contributed by atoms with van der Waals surface area (Å²) in [7, 11) is 0. The number of pyridine rings is 1. The molecule has 4 fully saturated rings. The number of hydrogen-bond acceptors (Lipinski definition) is 6. The van der Waals surface area contributed by atoms with Gasteiger partial charge in [-0.25, -0.2) is 4.79 Å². The first-order valence-electron chi connectivity index (χ1n) is 12.2. The van der Waals surface area contributed by atoms with Crippen molar-refractivity contribution < 1.29 is 14.3 Å². The van der Waals surface area contributed by atoms with Gasteiger partial charge in [0.25, 0.3) is 0 Å². The lowest BCUT2D eigenvalue weighted by Crippen LogP contribution is -2.63. The van der Waals surface area contributed by atoms with Gasteiger partial charge < -0.3 is 9.47 Å². The lowest BCUT2D eigenvalue weighted by Gasteiger charge is -2.66. The molecular weight excluding hydrogens is 466 g/mol. The SMILES string of the molecule is CCOC(=O)c1cn2c(cc1=O)-c1cc(Cl)c(OCC34CC(C#N)(C3)C4)cc1[C@H]1CCC(C)(C)N12. The molecule has 1 saturated heterocycles. The highest BCUT2D eigenvalue weighted by Gasteiger charge is 2.68. The lowest BCUT2D eigenvalue weighted by atomic mass is 9.36. The van der Waals surface area contributed by atoms with Gasteiger partial charge in [0.05, 0.1) is 47.0 Å². The van der Waals surface area contributed by atoms with Crippen LogP contribution in [0.3, 0.4) is 0 Å². The zero-order chi connectivity index (χ0) is 24.8. The van der Waals surface area contributed by atoms with E-state index < -0.39 is 5.97 Å². The van der Waals surface area contributed by atoms with Crippen molar-refractivity contribution in [2.24, 2.45) is 10.8 Å². The molecule has 2 aromatic rings. The first-order chi connectivity index (χ1) is 16.6. The summed E-state index contributed by atoms with van der Waals surface area (Å²) in [6.07, 6.45) is 6.21. The van der Waals surface area contributed by atoms with Crippen LogP contribution >= 0.6 is 11.6 Å². The van der Waals surface area contributed by atoms with Crippen LogP contribution in [0.2, 0.25) is 5.02 Å². The minimum Gasteiger partial charge on any atom is -0.491 e. The summed E-state index contributed by atoms with van der Waals surface area (Å²) >= 11 is 6.69. The summed E-state index contributed by atoms with van der Waals surface area (Å²) in [5.74, 6) is 0.0328. The van der Waals surface area contributed by atoms with Crippen molar-refractivity contribution in [1.29, 1.82) is 5.26 Å². The number of nitrogens with zero attached hydrogens (tertiary/aromatic N) is 3. The molecule has 0 spiro atoms. The van der Waals surface area contributed by atoms with Gasteiger partial charge in [-0.15, -0.1) is 0 Å². The van der Waals surface area contributed by atoms with Gasteiger partial charge in [0, 0.05) is 23.2 Å². The van der Waals surface area contributed by atoms with Gasteiger partial charge in [-0.3, -0.25) is 14.5 Å². The van der Waals surface area contributed by atoms with Crippen molar-refractivity contribution in [1.82, 2.24) is 4.68 Å². The summed E-state index contributed by atoms with van der Waals surface area (Å²) in [5.41, 5.74) is 2.12. The zero-order valence-corrected chi connectivity index (χ0v) is 20.9. The number of ether oxygens (including phenoxy) is 2. The Balaban J connectivity index is 1.40. The molecule has 7 nitrogen and oxygen atoms in total. The van der Waals surface area contributed by atoms with Gasteiger partial charge in [-0.1, -0.05) is 11.6 Å². The summed E-state index contributed by atoms with van der Waals surface area (Å²) in [6, 6.07) is 7.91. The fourth-order valence-electron chi connectivity index (χ4n) is 6.82. The minimum absolute atomic E-state index is 0.0280. The van der Waals surface area contributed by atoms with E-state index in [-0.39, 0.29) is 40.0 Å². The van der Waals surface area contributed by atoms with Gasteiger partial charge in [-0.05, 0) is 70.6 Å². The molecule has 3 aliphatic carbocycles. The van der Waals surface area contributed by atoms with E-state index in [9.17, 15) is 14.9 Å². The summed E-state index contributed by atoms with van der Waals surface area (Å²) in [6.45, 7) is 6.84. The average Bonchev–Trinajstić information content (AvgIpc) is 3.08. The Labute approximate surface area is 209 Å². The molecular formula is C27H28ClN3O4. The Kier molecular flexibility index (Phi) is 4.67. The zero-order valence-electron chi connectivity index (χ0n) is 20.2. The lowest BCUT2D eigenvalue weighted by molar-refractivity contribution is -0.181. The Morgan fingerprint density at radius 1 is 1.26 bits per heavy atom. The van der Waals surface area contributed by atoms with Gasteiger partial charge in [0.2, 0.25) is 0 Å². The Hall–Kier alpha value is -2.98. The van der Waals surface area contributed by atoms with E-state index in [2.05, 4.69) is 24.9 Å². The molecule has 1 atom stereocenters. The number of halogens is 1. The van der Waals surface area contributed by atoms with E-state index >= 15 is 0 Å². The maximum absolute atomic E-state index is 12.9. The Bertz CT molecular complexity index is 1350. The first-order valence-corrected chi connectivity index (χ1v) is 12.6. The Morgan fingerprint density at radius 2 is 2.00 bits per heavy atom. The predicted molar refractivity (Wildman–Crippen MR) is 131 cm³/mol. The van der Waals surface area contributed by atoms with Gasteiger partial charge in [0.1, 0.15) is 11.3 Å². The molecule has 3 heterocycles. The van der Waals surface area contributed by atoms with E-state index in [1.54, 1.807) is 13.1 Å². The average molecular weight is 494 g/mol. The van der Waals surface area contributed by atoms with Crippen molar-refractivity contribution in [2.45, 2.75) is 64.5 Å². The molecule has 182 valence electrons. The van der Waals surface area contributed by atoms with Crippen molar-refractivity contribution in [3.8, 4) is 23.1 Å². The highest BCUT2D eigenvalue weighted by atomic mass is 35.5. The monoisotopic (exact) mass is 493 g/mol. The third kappa shape index (κ3) is 3.15. The van der Waals surface area contributed by atoms with Gasteiger partial charge in [0.15, 0.2) is 5.43 Å². The minimum atomic E-state index is -0.610. The van der Waals surface area contributed by atoms with E-state index in [4.69, 9.17) is 21.1 Å². The van der Waals surface area contributed by atoms with Gasteiger partial charge in [-0.2, -0.15) is 5.26 Å². The van der Waals surface area contributed by atoms with Crippen LogP contribution in [0.1, 0.15) is 74.8 Å². The van der Waals surface area contributed by atoms with Crippen molar-refractivity contribution >= 4 is 17.6 Å². The quantitative estimate of drug-likeness (QED) is 0.546. The molecule has 2 aliphatic heterocycles. The standard InChI is InChI=1S/C27H28ClN3O4/c1-4-34-24(33)18-10-30-21(9-22(18)32)16-7-19(28)23(35-15-27-11-26(12-27,13-27)14-29)8-17(16)20-5-6-25(2,3)31(20)30/h7-10,20H,4-6,11-13,15H2,1-3H3/t20-,26?,27?/m1/s1. The smallest absolute Gasteiger partial charge is 0.343 e. The van der Waals surface area contributed by atoms with E-state index in [1.807, 2.05) is 16.8 Å². The first kappa shape index (κ1) is 22.5. The third-order valence-corrected chi connectivity index (χ3v) is 8.65. The van der Waals surface area contributed by atoms with Gasteiger partial charge >= 0.3 is 5.97 Å². The second-order valence-corrected chi connectivity index (χ2v) is 11.7. The van der Waals surface area contributed by atoms with Crippen LogP contribution < -0.4 is 15.2 Å². The van der Waals surface area contributed by atoms with Crippen LogP contribution in [-0.4, -0.2) is 29.4 Å². The number of hydrogen-bond donors (Lipinski definition) is 0. The van der Waals surface area contributed by atoms with Crippen LogP contribution in [-0.2, 0) is 4.74 Å². The molecule has 0 amide bonds. The molecule has 0 N–H and O–H groups in total. The number of nitriles is 1. The number of aromatic nitrogens is 1. The largest absolute Gasteiger partial charge is 0.491 e. The Morgan fingerprint density at radius 3 is 2.69 bits per heavy atom. The van der Waals surface area contributed by atoms with Crippen molar-refractivity contribution in [3.63, 3.8) is 0 Å². The van der Waals surface area contributed by atoms with Crippen LogP contribution in [0.5, 0.6) is 5.75 Å². The molecule has 2 bridgehead atoms. The predicted octanol–water partition coefficient (Wildman–Crippen LogP) is 4.98. The van der Waals surface area contributed by atoms with E-state index in [1.165, 1.54) is 6.07 Å². The number of esters is 1. The number of carbonyl (C=O) groups is 1. The third-order valence-electron chi connectivity index (χ3n) is 8.35. The topological polar surface area (TPSA) is 84.6 Å². The number of carbonyl (C=O) groups excluding carboxylic acids is 1. The van der Waals surface area contributed by atoms with Crippen LogP contribution in [0.4, 0.5) is 0 Å². The van der Waals surface area contributed by atoms with Crippen LogP contribution in [0.25, 0.3) is 11.3 Å². The molecule has 0 radical (unpaired) electrons. The number of rotatable bonds is 5. The van der Waals surface area contributed by atoms with Crippen LogP contribution in [0, 0.1) is 22.2 Å². The van der Waals surface area contributed by atoms with Crippen molar-refractivity contribution in [2.75, 3.05) is 18.2 Å². The molecule has 7 rings (SSSR count). The second kappa shape index (κ2) is 7.27. The maximum Gasteiger partial charge on any atom is 0.343 e. The molecule has 5 aliphatic rings. The maximum atomic E-state index is 12.9. The summed E-state index contributed by atoms with van der Waals surface area (Å²) in [4.78, 5) is 25.4. The van der Waals surface area contributed by atoms with E-state index in [0.717, 1.165) is 43.2 Å². The fourth-order valence-corrected chi connectivity index (χ4v) is 7.04. The normalized spacial score (nSPS) is 28.5. The number of fused-ring (bicyclic) bond motifs is 6. The molecule has 35 heavy (non-hydrogen) atoms. The highest BCUT2D eigenvalue weighted by Crippen LogP contribution is 2.73. The second-order valence-electron chi connectivity index (χ2n) is 11.3. The summed E-state index contributed by atoms with van der Waals surface area (Å²) in [5, 5.41) is 12.0. The van der Waals surface area contributed by atoms with Crippen LogP contribution in [0.15, 0.2) is 29.2 Å². The fraction of sp³-hybridized carbons (Fsp3) is 0.519. The molecule has 1 aromatic heterocycles. The molecule has 0 unspecified atom stereocenters. The molecule has 3 saturated carbocycles. The molecule has 8 heteroatoms. The van der Waals surface area contributed by atoms with E-state index in [0.29, 0.717) is 23.1 Å².